The van der Waals surface area contributed by atoms with Gasteiger partial charge in [0.2, 0.25) is 10.0 Å². The highest BCUT2D eigenvalue weighted by atomic mass is 32.2. The fourth-order valence-electron chi connectivity index (χ4n) is 2.84. The third-order valence-corrected chi connectivity index (χ3v) is 5.54. The van der Waals surface area contributed by atoms with Crippen molar-refractivity contribution in [2.45, 2.75) is 57.5 Å². The molecule has 2 fully saturated rings. The summed E-state index contributed by atoms with van der Waals surface area (Å²) in [4.78, 5) is 0. The van der Waals surface area contributed by atoms with E-state index in [9.17, 15) is 13.5 Å². The SMILES string of the molecule is CC1CCCC(O)(CNS(=O)(=O)CCC2CC2)C1. The maximum Gasteiger partial charge on any atom is 0.211 e. The van der Waals surface area contributed by atoms with Gasteiger partial charge in [0, 0.05) is 6.54 Å². The van der Waals surface area contributed by atoms with Crippen LogP contribution < -0.4 is 4.72 Å². The Labute approximate surface area is 110 Å². The van der Waals surface area contributed by atoms with Crippen LogP contribution in [0.4, 0.5) is 0 Å². The minimum Gasteiger partial charge on any atom is -0.389 e. The van der Waals surface area contributed by atoms with E-state index in [0.717, 1.165) is 19.3 Å². The lowest BCUT2D eigenvalue weighted by Crippen LogP contribution is -2.46. The average Bonchev–Trinajstić information content (AvgIpc) is 3.08. The van der Waals surface area contributed by atoms with Gasteiger partial charge in [0.1, 0.15) is 0 Å². The van der Waals surface area contributed by atoms with E-state index in [4.69, 9.17) is 0 Å². The summed E-state index contributed by atoms with van der Waals surface area (Å²) in [5.41, 5.74) is -0.829. The molecule has 2 N–H and O–H groups in total. The number of sulfonamides is 1. The lowest BCUT2D eigenvalue weighted by Gasteiger charge is -2.35. The molecule has 5 heteroatoms. The largest absolute Gasteiger partial charge is 0.389 e. The summed E-state index contributed by atoms with van der Waals surface area (Å²) in [6.07, 6.45) is 6.66. The molecule has 106 valence electrons. The number of hydrogen-bond acceptors (Lipinski definition) is 3. The van der Waals surface area contributed by atoms with Crippen molar-refractivity contribution < 1.29 is 13.5 Å². The Morgan fingerprint density at radius 1 is 1.33 bits per heavy atom. The Balaban J connectivity index is 1.77. The van der Waals surface area contributed by atoms with Crippen LogP contribution in [0.25, 0.3) is 0 Å². The Kier molecular flexibility index (Phi) is 4.34. The lowest BCUT2D eigenvalue weighted by molar-refractivity contribution is -0.00751. The van der Waals surface area contributed by atoms with Crippen LogP contribution in [0.15, 0.2) is 0 Å². The molecule has 0 amide bonds. The molecule has 4 nitrogen and oxygen atoms in total. The molecule has 0 heterocycles. The zero-order valence-corrected chi connectivity index (χ0v) is 12.0. The smallest absolute Gasteiger partial charge is 0.211 e. The first-order chi connectivity index (χ1) is 8.39. The van der Waals surface area contributed by atoms with Gasteiger partial charge in [-0.2, -0.15) is 0 Å². The van der Waals surface area contributed by atoms with Crippen molar-refractivity contribution in [3.8, 4) is 0 Å². The summed E-state index contributed by atoms with van der Waals surface area (Å²) in [5.74, 6) is 1.32. The second-order valence-electron chi connectivity index (χ2n) is 6.30. The summed E-state index contributed by atoms with van der Waals surface area (Å²) in [7, 11) is -3.20. The highest BCUT2D eigenvalue weighted by Gasteiger charge is 2.33. The quantitative estimate of drug-likeness (QED) is 0.774. The monoisotopic (exact) mass is 275 g/mol. The zero-order valence-electron chi connectivity index (χ0n) is 11.2. The first kappa shape index (κ1) is 14.3. The van der Waals surface area contributed by atoms with Crippen molar-refractivity contribution in [2.75, 3.05) is 12.3 Å². The van der Waals surface area contributed by atoms with E-state index in [-0.39, 0.29) is 12.3 Å². The molecule has 2 atom stereocenters. The zero-order chi connectivity index (χ0) is 13.2. The summed E-state index contributed by atoms with van der Waals surface area (Å²) in [5, 5.41) is 10.4. The van der Waals surface area contributed by atoms with Gasteiger partial charge in [-0.3, -0.25) is 0 Å². The topological polar surface area (TPSA) is 66.4 Å². The molecule has 0 aromatic carbocycles. The van der Waals surface area contributed by atoms with Crippen LogP contribution in [-0.2, 0) is 10.0 Å². The van der Waals surface area contributed by atoms with Crippen molar-refractivity contribution in [1.29, 1.82) is 0 Å². The Bertz CT molecular complexity index is 378. The van der Waals surface area contributed by atoms with Gasteiger partial charge in [-0.25, -0.2) is 13.1 Å². The van der Waals surface area contributed by atoms with Gasteiger partial charge in [-0.05, 0) is 31.1 Å². The first-order valence-electron chi connectivity index (χ1n) is 7.08. The molecule has 2 unspecified atom stereocenters. The van der Waals surface area contributed by atoms with Crippen LogP contribution in [0.1, 0.15) is 51.9 Å². The molecular formula is C13H25NO3S. The van der Waals surface area contributed by atoms with Crippen LogP contribution in [0.2, 0.25) is 0 Å². The minimum atomic E-state index is -3.20. The number of aliphatic hydroxyl groups is 1. The summed E-state index contributed by atoms with van der Waals surface area (Å²) < 4.78 is 26.2. The van der Waals surface area contributed by atoms with E-state index in [1.165, 1.54) is 12.8 Å². The van der Waals surface area contributed by atoms with E-state index >= 15 is 0 Å². The molecule has 0 aromatic heterocycles. The van der Waals surface area contributed by atoms with E-state index < -0.39 is 15.6 Å². The van der Waals surface area contributed by atoms with Crippen LogP contribution in [-0.4, -0.2) is 31.4 Å². The number of nitrogens with one attached hydrogen (secondary N) is 1. The number of hydrogen-bond donors (Lipinski definition) is 2. The molecule has 2 rings (SSSR count). The van der Waals surface area contributed by atoms with E-state index in [1.807, 2.05) is 0 Å². The maximum atomic E-state index is 11.8. The normalized spacial score (nSPS) is 33.6. The van der Waals surface area contributed by atoms with Crippen LogP contribution in [0.5, 0.6) is 0 Å². The van der Waals surface area contributed by atoms with Crippen LogP contribution in [0.3, 0.4) is 0 Å². The van der Waals surface area contributed by atoms with Gasteiger partial charge < -0.3 is 5.11 Å². The molecule has 0 bridgehead atoms. The molecule has 2 aliphatic carbocycles. The second-order valence-corrected chi connectivity index (χ2v) is 8.22. The van der Waals surface area contributed by atoms with Crippen LogP contribution in [0, 0.1) is 11.8 Å². The van der Waals surface area contributed by atoms with Crippen molar-refractivity contribution in [1.82, 2.24) is 4.72 Å². The van der Waals surface area contributed by atoms with Gasteiger partial charge in [0.05, 0.1) is 11.4 Å². The van der Waals surface area contributed by atoms with Gasteiger partial charge in [0.15, 0.2) is 0 Å². The highest BCUT2D eigenvalue weighted by Crippen LogP contribution is 2.33. The standard InChI is InChI=1S/C13H25NO3S/c1-11-3-2-7-13(15,9-11)10-14-18(16,17)8-6-12-4-5-12/h11-12,14-15H,2-10H2,1H3. The van der Waals surface area contributed by atoms with Gasteiger partial charge >= 0.3 is 0 Å². The molecule has 0 aliphatic heterocycles. The fraction of sp³-hybridized carbons (Fsp3) is 1.00. The molecule has 0 aromatic rings. The third kappa shape index (κ3) is 4.52. The summed E-state index contributed by atoms with van der Waals surface area (Å²) in [6, 6.07) is 0. The molecule has 18 heavy (non-hydrogen) atoms. The fourth-order valence-corrected chi connectivity index (χ4v) is 4.11. The van der Waals surface area contributed by atoms with E-state index in [2.05, 4.69) is 11.6 Å². The number of rotatable bonds is 6. The Morgan fingerprint density at radius 3 is 2.67 bits per heavy atom. The Morgan fingerprint density at radius 2 is 2.06 bits per heavy atom. The Hall–Kier alpha value is -0.130. The average molecular weight is 275 g/mol. The molecule has 0 saturated heterocycles. The first-order valence-corrected chi connectivity index (χ1v) is 8.73. The second kappa shape index (κ2) is 5.47. The summed E-state index contributed by atoms with van der Waals surface area (Å²) in [6.45, 7) is 2.30. The van der Waals surface area contributed by atoms with Crippen molar-refractivity contribution in [2.24, 2.45) is 11.8 Å². The maximum absolute atomic E-state index is 11.8. The third-order valence-electron chi connectivity index (χ3n) is 4.18. The highest BCUT2D eigenvalue weighted by molar-refractivity contribution is 7.89. The van der Waals surface area contributed by atoms with E-state index in [0.29, 0.717) is 24.7 Å². The van der Waals surface area contributed by atoms with E-state index in [1.54, 1.807) is 0 Å². The predicted molar refractivity (Wildman–Crippen MR) is 71.7 cm³/mol. The van der Waals surface area contributed by atoms with Crippen molar-refractivity contribution in [3.63, 3.8) is 0 Å². The van der Waals surface area contributed by atoms with Gasteiger partial charge in [-0.15, -0.1) is 0 Å². The molecular weight excluding hydrogens is 250 g/mol. The molecule has 2 aliphatic rings. The van der Waals surface area contributed by atoms with Crippen molar-refractivity contribution in [3.05, 3.63) is 0 Å². The molecule has 0 radical (unpaired) electrons. The summed E-state index contributed by atoms with van der Waals surface area (Å²) >= 11 is 0. The predicted octanol–water partition coefficient (Wildman–Crippen LogP) is 1.65. The minimum absolute atomic E-state index is 0.185. The van der Waals surface area contributed by atoms with Gasteiger partial charge in [0.25, 0.3) is 0 Å². The van der Waals surface area contributed by atoms with Crippen LogP contribution >= 0.6 is 0 Å². The molecule has 2 saturated carbocycles. The van der Waals surface area contributed by atoms with Gasteiger partial charge in [-0.1, -0.05) is 32.6 Å². The molecule has 0 spiro atoms. The lowest BCUT2D eigenvalue weighted by atomic mass is 9.79. The van der Waals surface area contributed by atoms with Crippen molar-refractivity contribution >= 4 is 10.0 Å².